The van der Waals surface area contributed by atoms with Gasteiger partial charge in [-0.05, 0) is 93.1 Å². The van der Waals surface area contributed by atoms with E-state index in [0.717, 1.165) is 73.6 Å². The number of benzene rings is 5. The van der Waals surface area contributed by atoms with Crippen LogP contribution in [-0.2, 0) is 17.3 Å². The monoisotopic (exact) mass is 678 g/mol. The molecule has 0 amide bonds. The maximum atomic E-state index is 12.0. The van der Waals surface area contributed by atoms with Crippen molar-refractivity contribution < 1.29 is 5.11 Å². The zero-order valence-corrected chi connectivity index (χ0v) is 31.0. The molecule has 0 saturated heterocycles. The van der Waals surface area contributed by atoms with Crippen molar-refractivity contribution in [3.05, 3.63) is 174 Å². The first kappa shape index (κ1) is 34.6. The van der Waals surface area contributed by atoms with Crippen LogP contribution in [0.5, 0.6) is 5.75 Å². The van der Waals surface area contributed by atoms with Crippen LogP contribution >= 0.6 is 0 Å². The Labute approximate surface area is 308 Å². The lowest BCUT2D eigenvalue weighted by molar-refractivity contribution is 0.446. The largest absolute Gasteiger partial charge is 0.507 e. The van der Waals surface area contributed by atoms with Gasteiger partial charge in [0, 0.05) is 34.0 Å². The molecule has 0 bridgehead atoms. The SMILES string of the molecule is CC(C)(C)c1cc(-c2cc(Cc3ccccc3)cc(-c3cc(-c4ccccc4)cc(-c4ccc(-c5ccccc5)cn4)c3)n2)c(O)c(C(C)(C)C)c1. The third kappa shape index (κ3) is 7.60. The molecule has 52 heavy (non-hydrogen) atoms. The number of aromatic hydroxyl groups is 1. The lowest BCUT2D eigenvalue weighted by Gasteiger charge is -2.27. The van der Waals surface area contributed by atoms with E-state index < -0.39 is 0 Å². The summed E-state index contributed by atoms with van der Waals surface area (Å²) in [6.07, 6.45) is 2.69. The fourth-order valence-electron chi connectivity index (χ4n) is 6.73. The summed E-state index contributed by atoms with van der Waals surface area (Å²) in [5.74, 6) is 0.289. The van der Waals surface area contributed by atoms with Crippen LogP contribution in [0.1, 0.15) is 63.8 Å². The second kappa shape index (κ2) is 14.1. The van der Waals surface area contributed by atoms with Gasteiger partial charge in [0.15, 0.2) is 0 Å². The van der Waals surface area contributed by atoms with Crippen molar-refractivity contribution in [2.45, 2.75) is 58.8 Å². The normalized spacial score (nSPS) is 11.8. The van der Waals surface area contributed by atoms with Crippen LogP contribution in [-0.4, -0.2) is 15.1 Å². The van der Waals surface area contributed by atoms with E-state index in [1.165, 1.54) is 11.1 Å². The Morgan fingerprint density at radius 3 is 1.60 bits per heavy atom. The number of phenolic OH excluding ortho intramolecular Hbond substituents is 1. The van der Waals surface area contributed by atoms with E-state index in [-0.39, 0.29) is 16.6 Å². The molecule has 3 nitrogen and oxygen atoms in total. The van der Waals surface area contributed by atoms with Crippen molar-refractivity contribution in [3.8, 4) is 61.8 Å². The van der Waals surface area contributed by atoms with Crippen molar-refractivity contribution >= 4 is 0 Å². The highest BCUT2D eigenvalue weighted by Gasteiger charge is 2.26. The minimum absolute atomic E-state index is 0.116. The van der Waals surface area contributed by atoms with E-state index in [0.29, 0.717) is 0 Å². The van der Waals surface area contributed by atoms with E-state index in [2.05, 4.69) is 169 Å². The van der Waals surface area contributed by atoms with Crippen LogP contribution in [0.2, 0.25) is 0 Å². The summed E-state index contributed by atoms with van der Waals surface area (Å²) in [6, 6.07) is 50.9. The highest BCUT2D eigenvalue weighted by molar-refractivity contribution is 5.81. The third-order valence-electron chi connectivity index (χ3n) is 9.70. The maximum absolute atomic E-state index is 12.0. The summed E-state index contributed by atoms with van der Waals surface area (Å²) >= 11 is 0. The van der Waals surface area contributed by atoms with E-state index >= 15 is 0 Å². The van der Waals surface area contributed by atoms with Crippen molar-refractivity contribution in [2.75, 3.05) is 0 Å². The Morgan fingerprint density at radius 2 is 1.02 bits per heavy atom. The molecule has 2 aromatic heterocycles. The standard InChI is InChI=1S/C49H46N2O/c1-48(2,3)41-30-42(47(52)43(31-41)49(4,5)6)46-26-34(24-33-16-10-7-11-17-33)25-45(51-46)40-28-38(36-20-14-9-15-21-36)27-39(29-40)44-23-22-37(32-50-44)35-18-12-8-13-19-35/h7-23,25-32,52H,24H2,1-6H3. The van der Waals surface area contributed by atoms with Gasteiger partial charge in [0.2, 0.25) is 0 Å². The van der Waals surface area contributed by atoms with E-state index in [9.17, 15) is 5.11 Å². The van der Waals surface area contributed by atoms with Crippen molar-refractivity contribution in [3.63, 3.8) is 0 Å². The number of hydrogen-bond acceptors (Lipinski definition) is 3. The van der Waals surface area contributed by atoms with Gasteiger partial charge in [0.1, 0.15) is 5.75 Å². The van der Waals surface area contributed by atoms with Crippen molar-refractivity contribution in [2.24, 2.45) is 0 Å². The summed E-state index contributed by atoms with van der Waals surface area (Å²) < 4.78 is 0. The molecule has 2 heterocycles. The van der Waals surface area contributed by atoms with Crippen LogP contribution in [0.25, 0.3) is 56.0 Å². The zero-order chi connectivity index (χ0) is 36.5. The summed E-state index contributed by atoms with van der Waals surface area (Å²) in [4.78, 5) is 10.3. The molecule has 0 saturated carbocycles. The fourth-order valence-corrected chi connectivity index (χ4v) is 6.73. The van der Waals surface area contributed by atoms with Crippen LogP contribution in [0.4, 0.5) is 0 Å². The molecule has 0 aliphatic carbocycles. The first-order chi connectivity index (χ1) is 24.9. The molecule has 0 fully saturated rings. The molecule has 0 spiro atoms. The number of nitrogens with zero attached hydrogens (tertiary/aromatic N) is 2. The van der Waals surface area contributed by atoms with E-state index in [1.807, 2.05) is 24.4 Å². The molecule has 1 N–H and O–H groups in total. The molecule has 0 unspecified atom stereocenters. The van der Waals surface area contributed by atoms with Crippen LogP contribution in [0, 0.1) is 0 Å². The highest BCUT2D eigenvalue weighted by Crippen LogP contribution is 2.43. The fraction of sp³-hybridized carbons (Fsp3) is 0.184. The molecule has 0 radical (unpaired) electrons. The summed E-state index contributed by atoms with van der Waals surface area (Å²) in [6.45, 7) is 13.1. The Hall–Kier alpha value is -5.80. The molecule has 5 aromatic carbocycles. The first-order valence-electron chi connectivity index (χ1n) is 18.1. The lowest BCUT2D eigenvalue weighted by Crippen LogP contribution is -2.17. The maximum Gasteiger partial charge on any atom is 0.128 e. The molecule has 3 heteroatoms. The van der Waals surface area contributed by atoms with Gasteiger partial charge in [0.25, 0.3) is 0 Å². The molecule has 7 rings (SSSR count). The molecule has 0 atom stereocenters. The molecule has 0 aliphatic rings. The van der Waals surface area contributed by atoms with Gasteiger partial charge < -0.3 is 5.11 Å². The van der Waals surface area contributed by atoms with Crippen molar-refractivity contribution in [1.82, 2.24) is 9.97 Å². The summed E-state index contributed by atoms with van der Waals surface area (Å²) in [5.41, 5.74) is 13.7. The Balaban J connectivity index is 1.43. The smallest absolute Gasteiger partial charge is 0.128 e. The zero-order valence-electron chi connectivity index (χ0n) is 31.0. The Bertz CT molecular complexity index is 2310. The number of aromatic nitrogens is 2. The van der Waals surface area contributed by atoms with Crippen LogP contribution in [0.15, 0.2) is 152 Å². The van der Waals surface area contributed by atoms with Crippen molar-refractivity contribution in [1.29, 1.82) is 0 Å². The number of pyridine rings is 2. The molecule has 7 aromatic rings. The second-order valence-corrected chi connectivity index (χ2v) is 15.8. The molecular weight excluding hydrogens is 633 g/mol. The molecule has 258 valence electrons. The molecular formula is C49H46N2O. The summed E-state index contributed by atoms with van der Waals surface area (Å²) in [7, 11) is 0. The quantitative estimate of drug-likeness (QED) is 0.182. The number of phenols is 1. The summed E-state index contributed by atoms with van der Waals surface area (Å²) in [5, 5.41) is 12.0. The van der Waals surface area contributed by atoms with Gasteiger partial charge in [-0.25, -0.2) is 4.98 Å². The van der Waals surface area contributed by atoms with Gasteiger partial charge in [-0.15, -0.1) is 0 Å². The minimum atomic E-state index is -0.257. The van der Waals surface area contributed by atoms with Gasteiger partial charge in [-0.2, -0.15) is 0 Å². The number of rotatable bonds is 7. The second-order valence-electron chi connectivity index (χ2n) is 15.8. The number of hydrogen-bond donors (Lipinski definition) is 1. The Kier molecular flexibility index (Phi) is 9.38. The topological polar surface area (TPSA) is 46.0 Å². The average Bonchev–Trinajstić information content (AvgIpc) is 3.15. The van der Waals surface area contributed by atoms with Gasteiger partial charge in [0.05, 0.1) is 17.1 Å². The highest BCUT2D eigenvalue weighted by atomic mass is 16.3. The minimum Gasteiger partial charge on any atom is -0.507 e. The third-order valence-corrected chi connectivity index (χ3v) is 9.70. The van der Waals surface area contributed by atoms with E-state index in [4.69, 9.17) is 9.97 Å². The molecule has 0 aliphatic heterocycles. The van der Waals surface area contributed by atoms with Gasteiger partial charge >= 0.3 is 0 Å². The first-order valence-corrected chi connectivity index (χ1v) is 18.1. The Morgan fingerprint density at radius 1 is 0.462 bits per heavy atom. The van der Waals surface area contributed by atoms with Gasteiger partial charge in [-0.1, -0.05) is 145 Å². The van der Waals surface area contributed by atoms with Crippen LogP contribution in [0.3, 0.4) is 0 Å². The van der Waals surface area contributed by atoms with E-state index in [1.54, 1.807) is 0 Å². The average molecular weight is 679 g/mol. The van der Waals surface area contributed by atoms with Gasteiger partial charge in [-0.3, -0.25) is 4.98 Å². The lowest BCUT2D eigenvalue weighted by atomic mass is 9.78. The van der Waals surface area contributed by atoms with Crippen LogP contribution < -0.4 is 0 Å². The predicted octanol–water partition coefficient (Wildman–Crippen LogP) is 12.7. The predicted molar refractivity (Wildman–Crippen MR) is 218 cm³/mol.